The fourth-order valence-electron chi connectivity index (χ4n) is 4.27. The van der Waals surface area contributed by atoms with E-state index in [-0.39, 0.29) is 0 Å². The van der Waals surface area contributed by atoms with Crippen molar-refractivity contribution in [2.45, 2.75) is 11.5 Å². The summed E-state index contributed by atoms with van der Waals surface area (Å²) in [4.78, 5) is 32.9. The molecule has 2 aromatic carbocycles. The highest BCUT2D eigenvalue weighted by molar-refractivity contribution is 6.04. The highest BCUT2D eigenvalue weighted by Crippen LogP contribution is 2.45. The number of carbonyl (C=O) groups is 2. The molecule has 2 heterocycles. The first-order chi connectivity index (χ1) is 14.6. The number of H-pyrrole nitrogens is 2. The van der Waals surface area contributed by atoms with Gasteiger partial charge in [-0.25, -0.2) is 4.79 Å². The van der Waals surface area contributed by atoms with E-state index in [2.05, 4.69) is 9.97 Å². The van der Waals surface area contributed by atoms with Crippen LogP contribution in [0.5, 0.6) is 0 Å². The van der Waals surface area contributed by atoms with Crippen molar-refractivity contribution in [3.05, 3.63) is 72.1 Å². The van der Waals surface area contributed by atoms with Crippen LogP contribution < -0.4 is 0 Å². The molecule has 0 fully saturated rings. The second kappa shape index (κ2) is 7.68. The quantitative estimate of drug-likeness (QED) is 0.479. The van der Waals surface area contributed by atoms with Gasteiger partial charge >= 0.3 is 11.9 Å². The molecule has 4 aromatic rings. The average molecular weight is 406 g/mol. The molecule has 0 aliphatic rings. The summed E-state index contributed by atoms with van der Waals surface area (Å²) in [6.07, 6.45) is 2.16. The number of hydrogen-bond donors (Lipinski definition) is 2. The molecule has 2 aromatic heterocycles. The minimum Gasteiger partial charge on any atom is -0.468 e. The van der Waals surface area contributed by atoms with E-state index in [1.165, 1.54) is 21.3 Å². The van der Waals surface area contributed by atoms with Gasteiger partial charge in [0.1, 0.15) is 0 Å². The second-order valence-electron chi connectivity index (χ2n) is 6.93. The average Bonchev–Trinajstić information content (AvgIpc) is 3.41. The Morgan fingerprint density at radius 1 is 0.800 bits per heavy atom. The fraction of sp³-hybridized carbons (Fsp3) is 0.217. The molecule has 30 heavy (non-hydrogen) atoms. The summed E-state index contributed by atoms with van der Waals surface area (Å²) in [6.45, 7) is 0. The van der Waals surface area contributed by atoms with Gasteiger partial charge in [-0.2, -0.15) is 0 Å². The summed E-state index contributed by atoms with van der Waals surface area (Å²) in [6, 6.07) is 15.1. The maximum atomic E-state index is 13.6. The van der Waals surface area contributed by atoms with Gasteiger partial charge in [-0.05, 0) is 12.1 Å². The number of benzene rings is 2. The van der Waals surface area contributed by atoms with Crippen LogP contribution in [0.2, 0.25) is 0 Å². The Labute approximate surface area is 172 Å². The number of aromatic nitrogens is 2. The van der Waals surface area contributed by atoms with Crippen LogP contribution in [0, 0.1) is 0 Å². The van der Waals surface area contributed by atoms with Gasteiger partial charge in [-0.15, -0.1) is 0 Å². The lowest BCUT2D eigenvalue weighted by molar-refractivity contribution is -0.166. The molecule has 0 saturated carbocycles. The van der Waals surface area contributed by atoms with E-state index in [1.54, 1.807) is 12.4 Å². The summed E-state index contributed by atoms with van der Waals surface area (Å²) in [5.74, 6) is -1.31. The Hall–Kier alpha value is -3.58. The topological polar surface area (TPSA) is 93.4 Å². The Morgan fingerprint density at radius 2 is 1.30 bits per heavy atom. The van der Waals surface area contributed by atoms with Gasteiger partial charge < -0.3 is 24.2 Å². The number of hydrogen-bond acceptors (Lipinski definition) is 5. The zero-order chi connectivity index (χ0) is 21.3. The zero-order valence-electron chi connectivity index (χ0n) is 16.9. The first-order valence-corrected chi connectivity index (χ1v) is 9.41. The molecule has 4 rings (SSSR count). The maximum Gasteiger partial charge on any atom is 0.336 e. The monoisotopic (exact) mass is 406 g/mol. The Balaban J connectivity index is 2.17. The standard InChI is InChI=1S/C23H22N2O5/c1-28-20(21(26)29-2)23(22(27)30-3,16-12-24-18-10-6-4-8-14(16)18)17-13-25-19-11-7-5-9-15(17)19/h4-13,20,24-25H,1-3H3. The van der Waals surface area contributed by atoms with Gasteiger partial charge in [0, 0.05) is 52.4 Å². The van der Waals surface area contributed by atoms with Gasteiger partial charge in [0.05, 0.1) is 14.2 Å². The number of methoxy groups -OCH3 is 3. The smallest absolute Gasteiger partial charge is 0.336 e. The number of carbonyl (C=O) groups excluding carboxylic acids is 2. The third-order valence-corrected chi connectivity index (χ3v) is 5.58. The molecule has 7 heteroatoms. The van der Waals surface area contributed by atoms with Crippen molar-refractivity contribution in [2.75, 3.05) is 21.3 Å². The number of esters is 2. The molecule has 0 amide bonds. The third kappa shape index (κ3) is 2.70. The van der Waals surface area contributed by atoms with Crippen molar-refractivity contribution < 1.29 is 23.8 Å². The number of rotatable bonds is 6. The molecule has 2 N–H and O–H groups in total. The molecule has 154 valence electrons. The Morgan fingerprint density at radius 3 is 1.73 bits per heavy atom. The van der Waals surface area contributed by atoms with E-state index in [0.29, 0.717) is 11.1 Å². The lowest BCUT2D eigenvalue weighted by Crippen LogP contribution is -2.53. The normalized spacial score (nSPS) is 12.8. The van der Waals surface area contributed by atoms with E-state index in [4.69, 9.17) is 14.2 Å². The number of ether oxygens (including phenoxy) is 3. The van der Waals surface area contributed by atoms with Crippen molar-refractivity contribution >= 4 is 33.7 Å². The van der Waals surface area contributed by atoms with E-state index in [1.807, 2.05) is 48.5 Å². The van der Waals surface area contributed by atoms with Crippen LogP contribution in [0.25, 0.3) is 21.8 Å². The number of para-hydroxylation sites is 2. The number of nitrogens with one attached hydrogen (secondary N) is 2. The lowest BCUT2D eigenvalue weighted by atomic mass is 9.69. The SMILES string of the molecule is COC(=O)C(OC)C(C(=O)OC)(c1c[nH]c2ccccc12)c1c[nH]c2ccccc12. The summed E-state index contributed by atoms with van der Waals surface area (Å²) in [7, 11) is 3.94. The third-order valence-electron chi connectivity index (χ3n) is 5.58. The van der Waals surface area contributed by atoms with Gasteiger partial charge in [-0.3, -0.25) is 4.79 Å². The molecule has 0 saturated heterocycles. The summed E-state index contributed by atoms with van der Waals surface area (Å²) < 4.78 is 15.9. The Bertz CT molecular complexity index is 1150. The lowest BCUT2D eigenvalue weighted by Gasteiger charge is -2.35. The fourth-order valence-corrected chi connectivity index (χ4v) is 4.27. The summed E-state index contributed by atoms with van der Waals surface area (Å²) in [5, 5.41) is 1.55. The Kier molecular flexibility index (Phi) is 5.05. The highest BCUT2D eigenvalue weighted by Gasteiger charge is 2.56. The molecule has 0 aliphatic carbocycles. The van der Waals surface area contributed by atoms with Crippen LogP contribution in [0.1, 0.15) is 11.1 Å². The summed E-state index contributed by atoms with van der Waals surface area (Å²) in [5.41, 5.74) is 1.15. The number of aromatic amines is 2. The largest absolute Gasteiger partial charge is 0.468 e. The molecule has 1 atom stereocenters. The molecular weight excluding hydrogens is 384 g/mol. The van der Waals surface area contributed by atoms with Crippen LogP contribution in [-0.4, -0.2) is 49.3 Å². The molecule has 1 unspecified atom stereocenters. The van der Waals surface area contributed by atoms with Crippen molar-refractivity contribution in [3.8, 4) is 0 Å². The van der Waals surface area contributed by atoms with E-state index in [9.17, 15) is 9.59 Å². The van der Waals surface area contributed by atoms with Crippen molar-refractivity contribution in [2.24, 2.45) is 0 Å². The van der Waals surface area contributed by atoms with Crippen LogP contribution >= 0.6 is 0 Å². The second-order valence-corrected chi connectivity index (χ2v) is 6.93. The summed E-state index contributed by atoms with van der Waals surface area (Å²) >= 11 is 0. The predicted octanol–water partition coefficient (Wildman–Crippen LogP) is 3.30. The van der Waals surface area contributed by atoms with Crippen molar-refractivity contribution in [3.63, 3.8) is 0 Å². The van der Waals surface area contributed by atoms with Gasteiger partial charge in [0.25, 0.3) is 0 Å². The van der Waals surface area contributed by atoms with Crippen molar-refractivity contribution in [1.82, 2.24) is 9.97 Å². The van der Waals surface area contributed by atoms with E-state index < -0.39 is 23.5 Å². The van der Waals surface area contributed by atoms with Crippen LogP contribution in [0.15, 0.2) is 60.9 Å². The molecule has 7 nitrogen and oxygen atoms in total. The number of fused-ring (bicyclic) bond motifs is 2. The van der Waals surface area contributed by atoms with Crippen molar-refractivity contribution in [1.29, 1.82) is 0 Å². The predicted molar refractivity (Wildman–Crippen MR) is 112 cm³/mol. The molecule has 0 spiro atoms. The first kappa shape index (κ1) is 19.7. The molecule has 0 bridgehead atoms. The highest BCUT2D eigenvalue weighted by atomic mass is 16.6. The minimum atomic E-state index is -1.62. The van der Waals surface area contributed by atoms with Crippen LogP contribution in [0.4, 0.5) is 0 Å². The molecule has 0 radical (unpaired) electrons. The first-order valence-electron chi connectivity index (χ1n) is 9.41. The maximum absolute atomic E-state index is 13.6. The molecule has 0 aliphatic heterocycles. The van der Waals surface area contributed by atoms with Gasteiger partial charge in [0.15, 0.2) is 11.5 Å². The zero-order valence-corrected chi connectivity index (χ0v) is 16.9. The van der Waals surface area contributed by atoms with E-state index >= 15 is 0 Å². The van der Waals surface area contributed by atoms with Crippen LogP contribution in [-0.2, 0) is 29.2 Å². The van der Waals surface area contributed by atoms with Crippen LogP contribution in [0.3, 0.4) is 0 Å². The molecular formula is C23H22N2O5. The van der Waals surface area contributed by atoms with Gasteiger partial charge in [0.2, 0.25) is 0 Å². The minimum absolute atomic E-state index is 0.562. The van der Waals surface area contributed by atoms with E-state index in [0.717, 1.165) is 21.8 Å². The van der Waals surface area contributed by atoms with Gasteiger partial charge in [-0.1, -0.05) is 36.4 Å².